The molecule has 170 valence electrons. The molecule has 0 aliphatic heterocycles. The lowest BCUT2D eigenvalue weighted by atomic mass is 10.2. The van der Waals surface area contributed by atoms with Gasteiger partial charge < -0.3 is 19.6 Å². The van der Waals surface area contributed by atoms with Crippen LogP contribution in [0, 0.1) is 4.77 Å². The number of H-pyrrole nitrogens is 1. The van der Waals surface area contributed by atoms with E-state index >= 15 is 0 Å². The van der Waals surface area contributed by atoms with Crippen molar-refractivity contribution in [2.75, 3.05) is 19.6 Å². The number of methoxy groups -OCH3 is 2. The molecule has 4 rings (SSSR count). The number of nitrogens with zero attached hydrogens (tertiary/aromatic N) is 2. The normalized spacial score (nSPS) is 10.6. The molecule has 1 aromatic heterocycles. The van der Waals surface area contributed by atoms with Crippen molar-refractivity contribution in [3.05, 3.63) is 87.7 Å². The van der Waals surface area contributed by atoms with E-state index in [-0.39, 0.29) is 0 Å². The number of aromatic amines is 1. The number of benzene rings is 3. The first-order valence-corrected chi connectivity index (χ1v) is 11.0. The highest BCUT2D eigenvalue weighted by Crippen LogP contribution is 2.30. The van der Waals surface area contributed by atoms with E-state index in [1.807, 2.05) is 66.7 Å². The second kappa shape index (κ2) is 10.4. The summed E-state index contributed by atoms with van der Waals surface area (Å²) in [6.07, 6.45) is 0. The lowest BCUT2D eigenvalue weighted by Crippen LogP contribution is -2.16. The number of halogens is 1. The maximum Gasteiger partial charge on any atom is 0.214 e. The van der Waals surface area contributed by atoms with E-state index in [0.717, 1.165) is 16.7 Å². The van der Waals surface area contributed by atoms with Gasteiger partial charge in [0.2, 0.25) is 4.77 Å². The Morgan fingerprint density at radius 2 is 1.67 bits per heavy atom. The maximum absolute atomic E-state index is 5.94. The summed E-state index contributed by atoms with van der Waals surface area (Å²) < 4.78 is 19.1. The van der Waals surface area contributed by atoms with Gasteiger partial charge in [-0.05, 0) is 59.7 Å². The smallest absolute Gasteiger partial charge is 0.214 e. The minimum atomic E-state index is 0.414. The average molecular weight is 483 g/mol. The second-order valence-electron chi connectivity index (χ2n) is 7.12. The molecule has 0 saturated heterocycles. The fourth-order valence-electron chi connectivity index (χ4n) is 3.31. The molecule has 0 unspecified atom stereocenters. The number of rotatable bonds is 9. The number of ether oxygens (including phenoxy) is 3. The van der Waals surface area contributed by atoms with Crippen molar-refractivity contribution < 1.29 is 14.2 Å². The molecule has 33 heavy (non-hydrogen) atoms. The van der Waals surface area contributed by atoms with Gasteiger partial charge in [0.15, 0.2) is 17.3 Å². The summed E-state index contributed by atoms with van der Waals surface area (Å²) in [6, 6.07) is 21.0. The van der Waals surface area contributed by atoms with Crippen molar-refractivity contribution in [3.8, 4) is 28.6 Å². The Labute approximate surface area is 201 Å². The van der Waals surface area contributed by atoms with Crippen LogP contribution in [0.4, 0.5) is 0 Å². The Bertz CT molecular complexity index is 1290. The molecule has 7 nitrogen and oxygen atoms in total. The molecule has 0 spiro atoms. The van der Waals surface area contributed by atoms with Crippen LogP contribution < -0.4 is 19.6 Å². The minimum Gasteiger partial charge on any atom is -0.496 e. The van der Waals surface area contributed by atoms with E-state index in [2.05, 4.69) is 15.6 Å². The molecule has 0 radical (unpaired) electrons. The van der Waals surface area contributed by atoms with Gasteiger partial charge in [-0.3, -0.25) is 0 Å². The summed E-state index contributed by atoms with van der Waals surface area (Å²) in [5.74, 6) is 2.64. The van der Waals surface area contributed by atoms with E-state index in [4.69, 9.17) is 38.0 Å². The van der Waals surface area contributed by atoms with Gasteiger partial charge >= 0.3 is 0 Å². The third kappa shape index (κ3) is 5.30. The van der Waals surface area contributed by atoms with Crippen molar-refractivity contribution in [3.63, 3.8) is 0 Å². The minimum absolute atomic E-state index is 0.414. The van der Waals surface area contributed by atoms with Crippen LogP contribution in [0.25, 0.3) is 11.4 Å². The van der Waals surface area contributed by atoms with Crippen molar-refractivity contribution in [1.29, 1.82) is 0 Å². The van der Waals surface area contributed by atoms with Gasteiger partial charge in [-0.2, -0.15) is 5.10 Å². The molecule has 2 N–H and O–H groups in total. The number of para-hydroxylation sites is 1. The fourth-order valence-corrected chi connectivity index (χ4v) is 3.63. The zero-order valence-electron chi connectivity index (χ0n) is 18.2. The fraction of sp³-hybridized carbons (Fsp3) is 0.167. The molecule has 0 saturated carbocycles. The Kier molecular flexibility index (Phi) is 7.16. The third-order valence-electron chi connectivity index (χ3n) is 5.00. The molecular formula is C24H23ClN4O3S. The van der Waals surface area contributed by atoms with Crippen LogP contribution in [0.5, 0.6) is 17.2 Å². The van der Waals surface area contributed by atoms with Crippen molar-refractivity contribution >= 4 is 23.8 Å². The van der Waals surface area contributed by atoms with Crippen LogP contribution >= 0.6 is 23.8 Å². The predicted octanol–water partition coefficient (Wildman–Crippen LogP) is 5.60. The molecule has 0 atom stereocenters. The van der Waals surface area contributed by atoms with Crippen LogP contribution in [-0.2, 0) is 13.2 Å². The summed E-state index contributed by atoms with van der Waals surface area (Å²) in [5, 5.41) is 7.89. The quantitative estimate of drug-likeness (QED) is 0.302. The molecular weight excluding hydrogens is 460 g/mol. The Morgan fingerprint density at radius 1 is 0.939 bits per heavy atom. The summed E-state index contributed by atoms with van der Waals surface area (Å²) in [4.78, 5) is 0. The topological polar surface area (TPSA) is 73.3 Å². The predicted molar refractivity (Wildman–Crippen MR) is 131 cm³/mol. The van der Waals surface area contributed by atoms with Gasteiger partial charge in [-0.15, -0.1) is 0 Å². The SMILES string of the molecule is COc1cc(CNn2c(-c3ccccc3OC)n[nH]c2=S)ccc1OCc1ccc(Cl)cc1. The number of hydrogen-bond donors (Lipinski definition) is 2. The van der Waals surface area contributed by atoms with E-state index in [1.165, 1.54) is 0 Å². The zero-order chi connectivity index (χ0) is 23.2. The van der Waals surface area contributed by atoms with E-state index in [0.29, 0.717) is 46.0 Å². The number of nitrogens with one attached hydrogen (secondary N) is 2. The number of hydrogen-bond acceptors (Lipinski definition) is 6. The molecule has 3 aromatic carbocycles. The molecule has 9 heteroatoms. The third-order valence-corrected chi connectivity index (χ3v) is 5.52. The molecule has 0 aliphatic rings. The van der Waals surface area contributed by atoms with Crippen LogP contribution in [0.3, 0.4) is 0 Å². The monoisotopic (exact) mass is 482 g/mol. The zero-order valence-corrected chi connectivity index (χ0v) is 19.7. The summed E-state index contributed by atoms with van der Waals surface area (Å²) in [6.45, 7) is 0.904. The summed E-state index contributed by atoms with van der Waals surface area (Å²) in [5.41, 5.74) is 6.14. The standard InChI is InChI=1S/C24H23ClN4O3S/c1-30-20-6-4-3-5-19(20)23-27-28-24(33)29(23)26-14-17-9-12-21(22(13-17)31-2)32-15-16-7-10-18(25)11-8-16/h3-13,26H,14-15H2,1-2H3,(H,28,33). The van der Waals surface area contributed by atoms with Crippen LogP contribution in [0.1, 0.15) is 11.1 Å². The van der Waals surface area contributed by atoms with Crippen LogP contribution in [0.2, 0.25) is 5.02 Å². The first-order valence-electron chi connectivity index (χ1n) is 10.2. The van der Waals surface area contributed by atoms with Gasteiger partial charge in [0.1, 0.15) is 12.4 Å². The van der Waals surface area contributed by atoms with Gasteiger partial charge in [0.05, 0.1) is 26.3 Å². The van der Waals surface area contributed by atoms with Gasteiger partial charge in [0.25, 0.3) is 0 Å². The van der Waals surface area contributed by atoms with Crippen LogP contribution in [-0.4, -0.2) is 29.1 Å². The van der Waals surface area contributed by atoms with Crippen molar-refractivity contribution in [2.24, 2.45) is 0 Å². The Hall–Kier alpha value is -3.49. The van der Waals surface area contributed by atoms with E-state index in [9.17, 15) is 0 Å². The highest BCUT2D eigenvalue weighted by atomic mass is 35.5. The highest BCUT2D eigenvalue weighted by molar-refractivity contribution is 7.71. The van der Waals surface area contributed by atoms with E-state index in [1.54, 1.807) is 18.9 Å². The number of aromatic nitrogens is 3. The second-order valence-corrected chi connectivity index (χ2v) is 7.95. The lowest BCUT2D eigenvalue weighted by molar-refractivity contribution is 0.284. The van der Waals surface area contributed by atoms with Crippen LogP contribution in [0.15, 0.2) is 66.7 Å². The molecule has 1 heterocycles. The Morgan fingerprint density at radius 3 is 2.42 bits per heavy atom. The molecule has 0 aliphatic carbocycles. The molecule has 4 aromatic rings. The first kappa shape index (κ1) is 22.7. The molecule has 0 bridgehead atoms. The van der Waals surface area contributed by atoms with Gasteiger partial charge in [0, 0.05) is 5.02 Å². The Balaban J connectivity index is 1.49. The van der Waals surface area contributed by atoms with Crippen molar-refractivity contribution in [2.45, 2.75) is 13.2 Å². The average Bonchev–Trinajstić information content (AvgIpc) is 3.22. The summed E-state index contributed by atoms with van der Waals surface area (Å²) >= 11 is 11.4. The maximum atomic E-state index is 5.94. The highest BCUT2D eigenvalue weighted by Gasteiger charge is 2.14. The van der Waals surface area contributed by atoms with Gasteiger partial charge in [-0.1, -0.05) is 41.9 Å². The van der Waals surface area contributed by atoms with Crippen molar-refractivity contribution in [1.82, 2.24) is 14.9 Å². The van der Waals surface area contributed by atoms with E-state index < -0.39 is 0 Å². The van der Waals surface area contributed by atoms with Gasteiger partial charge in [-0.25, -0.2) is 9.77 Å². The molecule has 0 fully saturated rings. The summed E-state index contributed by atoms with van der Waals surface area (Å²) in [7, 11) is 3.24. The largest absolute Gasteiger partial charge is 0.496 e. The molecule has 0 amide bonds. The lowest BCUT2D eigenvalue weighted by Gasteiger charge is -2.14. The first-order chi connectivity index (χ1) is 16.1.